The number of rotatable bonds is 5. The molecule has 1 saturated heterocycles. The molecule has 0 aliphatic carbocycles. The molecule has 0 aromatic carbocycles. The first-order valence-corrected chi connectivity index (χ1v) is 8.80. The number of nitrogens with two attached hydrogens (primary N) is 1. The van der Waals surface area contributed by atoms with Crippen molar-refractivity contribution in [2.75, 3.05) is 18.9 Å². The van der Waals surface area contributed by atoms with E-state index in [4.69, 9.17) is 10.8 Å². The monoisotopic (exact) mass is 335 g/mol. The SMILES string of the molecule is Nc1sc(S(=O)(=O)N2CCCCC2CCO)cc1[N+](=O)[O-]. The van der Waals surface area contributed by atoms with Crippen LogP contribution < -0.4 is 5.73 Å². The standard InChI is InChI=1S/C11H17N3O5S2/c12-11-9(14(16)17)7-10(20-11)21(18,19)13-5-2-1-3-8(13)4-6-15/h7-8,15H,1-6,12H2. The number of piperidine rings is 1. The second-order valence-corrected chi connectivity index (χ2v) is 8.05. The smallest absolute Gasteiger partial charge is 0.304 e. The van der Waals surface area contributed by atoms with Gasteiger partial charge in [0, 0.05) is 25.3 Å². The lowest BCUT2D eigenvalue weighted by Crippen LogP contribution is -2.43. The van der Waals surface area contributed by atoms with Crippen LogP contribution in [-0.2, 0) is 10.0 Å². The summed E-state index contributed by atoms with van der Waals surface area (Å²) in [5.41, 5.74) is 5.14. The van der Waals surface area contributed by atoms with Crippen LogP contribution in [0.3, 0.4) is 0 Å². The zero-order valence-corrected chi connectivity index (χ0v) is 12.9. The van der Waals surface area contributed by atoms with Crippen molar-refractivity contribution >= 4 is 32.0 Å². The van der Waals surface area contributed by atoms with Crippen molar-refractivity contribution in [1.82, 2.24) is 4.31 Å². The van der Waals surface area contributed by atoms with Gasteiger partial charge in [-0.1, -0.05) is 17.8 Å². The van der Waals surface area contributed by atoms with Crippen LogP contribution in [-0.4, -0.2) is 41.9 Å². The van der Waals surface area contributed by atoms with Gasteiger partial charge in [-0.15, -0.1) is 0 Å². The van der Waals surface area contributed by atoms with Crippen molar-refractivity contribution < 1.29 is 18.4 Å². The Morgan fingerprint density at radius 3 is 2.81 bits per heavy atom. The Morgan fingerprint density at radius 2 is 2.24 bits per heavy atom. The summed E-state index contributed by atoms with van der Waals surface area (Å²) in [6, 6.07) is 0.746. The molecule has 0 bridgehead atoms. The molecule has 0 spiro atoms. The maximum absolute atomic E-state index is 12.6. The Hall–Kier alpha value is -1.23. The van der Waals surface area contributed by atoms with Crippen LogP contribution in [0.4, 0.5) is 10.7 Å². The number of hydrogen-bond acceptors (Lipinski definition) is 7. The minimum absolute atomic E-state index is 0.0938. The van der Waals surface area contributed by atoms with Gasteiger partial charge in [0.25, 0.3) is 10.0 Å². The molecule has 1 aliphatic rings. The summed E-state index contributed by atoms with van der Waals surface area (Å²) in [6.45, 7) is 0.266. The van der Waals surface area contributed by atoms with Crippen molar-refractivity contribution in [1.29, 1.82) is 0 Å². The molecule has 1 aromatic heterocycles. The van der Waals surface area contributed by atoms with E-state index in [1.807, 2.05) is 0 Å². The summed E-state index contributed by atoms with van der Waals surface area (Å²) in [6.07, 6.45) is 2.69. The highest BCUT2D eigenvalue weighted by molar-refractivity contribution is 7.91. The first kappa shape index (κ1) is 16.1. The highest BCUT2D eigenvalue weighted by Crippen LogP contribution is 2.37. The largest absolute Gasteiger partial charge is 0.396 e. The molecule has 8 nitrogen and oxygen atoms in total. The maximum atomic E-state index is 12.6. The van der Waals surface area contributed by atoms with Gasteiger partial charge >= 0.3 is 5.69 Å². The summed E-state index contributed by atoms with van der Waals surface area (Å²) in [7, 11) is -3.81. The first-order valence-electron chi connectivity index (χ1n) is 6.54. The molecule has 0 amide bonds. The number of sulfonamides is 1. The van der Waals surface area contributed by atoms with Crippen LogP contribution in [0.1, 0.15) is 25.7 Å². The Balaban J connectivity index is 2.36. The molecule has 1 unspecified atom stereocenters. The van der Waals surface area contributed by atoms with Gasteiger partial charge in [0.2, 0.25) is 0 Å². The molecule has 1 fully saturated rings. The molecule has 2 heterocycles. The fraction of sp³-hybridized carbons (Fsp3) is 0.636. The van der Waals surface area contributed by atoms with Gasteiger partial charge in [-0.25, -0.2) is 8.42 Å². The van der Waals surface area contributed by atoms with Crippen LogP contribution in [0.5, 0.6) is 0 Å². The molecule has 1 aromatic rings. The zero-order chi connectivity index (χ0) is 15.6. The lowest BCUT2D eigenvalue weighted by atomic mass is 10.0. The van der Waals surface area contributed by atoms with Crippen molar-refractivity contribution in [2.45, 2.75) is 35.9 Å². The van der Waals surface area contributed by atoms with Gasteiger partial charge in [0.1, 0.15) is 4.21 Å². The minimum atomic E-state index is -3.81. The molecule has 10 heteroatoms. The summed E-state index contributed by atoms with van der Waals surface area (Å²) in [5, 5.41) is 19.7. The molecule has 0 radical (unpaired) electrons. The van der Waals surface area contributed by atoms with E-state index in [9.17, 15) is 18.5 Å². The van der Waals surface area contributed by atoms with Gasteiger partial charge < -0.3 is 10.8 Å². The Kier molecular flexibility index (Phi) is 4.81. The lowest BCUT2D eigenvalue weighted by molar-refractivity contribution is -0.383. The third-order valence-corrected chi connectivity index (χ3v) is 6.87. The van der Waals surface area contributed by atoms with Crippen molar-refractivity contribution in [3.05, 3.63) is 16.2 Å². The van der Waals surface area contributed by atoms with Crippen LogP contribution in [0.15, 0.2) is 10.3 Å². The van der Waals surface area contributed by atoms with Crippen molar-refractivity contribution in [2.24, 2.45) is 0 Å². The van der Waals surface area contributed by atoms with E-state index in [0.29, 0.717) is 30.7 Å². The molecule has 21 heavy (non-hydrogen) atoms. The second-order valence-electron chi connectivity index (χ2n) is 4.85. The third kappa shape index (κ3) is 3.18. The van der Waals surface area contributed by atoms with Crippen LogP contribution in [0, 0.1) is 10.1 Å². The average molecular weight is 335 g/mol. The predicted octanol–water partition coefficient (Wildman–Crippen LogP) is 1.16. The topological polar surface area (TPSA) is 127 Å². The number of nitro groups is 1. The maximum Gasteiger partial charge on any atom is 0.304 e. The quantitative estimate of drug-likeness (QED) is 0.614. The van der Waals surface area contributed by atoms with Crippen LogP contribution in [0.2, 0.25) is 0 Å². The van der Waals surface area contributed by atoms with Crippen LogP contribution >= 0.6 is 11.3 Å². The van der Waals surface area contributed by atoms with E-state index in [1.54, 1.807) is 0 Å². The van der Waals surface area contributed by atoms with E-state index in [1.165, 1.54) is 4.31 Å². The predicted molar refractivity (Wildman–Crippen MR) is 78.6 cm³/mol. The Labute approximate surface area is 126 Å². The third-order valence-electron chi connectivity index (χ3n) is 3.51. The fourth-order valence-electron chi connectivity index (χ4n) is 2.49. The number of thiophene rings is 1. The number of aliphatic hydroxyl groups excluding tert-OH is 1. The average Bonchev–Trinajstić information content (AvgIpc) is 2.82. The summed E-state index contributed by atoms with van der Waals surface area (Å²) in [5.74, 6) is 0. The number of hydrogen-bond donors (Lipinski definition) is 2. The molecule has 2 rings (SSSR count). The van der Waals surface area contributed by atoms with Gasteiger partial charge in [0.15, 0.2) is 5.00 Å². The van der Waals surface area contributed by atoms with Gasteiger partial charge in [-0.05, 0) is 19.3 Å². The summed E-state index contributed by atoms with van der Waals surface area (Å²) in [4.78, 5) is 10.1. The molecule has 1 aliphatic heterocycles. The zero-order valence-electron chi connectivity index (χ0n) is 11.3. The number of aliphatic hydroxyl groups is 1. The Morgan fingerprint density at radius 1 is 1.52 bits per heavy atom. The van der Waals surface area contributed by atoms with E-state index >= 15 is 0 Å². The van der Waals surface area contributed by atoms with Gasteiger partial charge in [-0.2, -0.15) is 4.31 Å². The van der Waals surface area contributed by atoms with E-state index < -0.39 is 14.9 Å². The minimum Gasteiger partial charge on any atom is -0.396 e. The van der Waals surface area contributed by atoms with Crippen molar-refractivity contribution in [3.8, 4) is 0 Å². The first-order chi connectivity index (χ1) is 9.87. The van der Waals surface area contributed by atoms with E-state index in [0.717, 1.165) is 18.9 Å². The van der Waals surface area contributed by atoms with E-state index in [2.05, 4.69) is 0 Å². The molecule has 1 atom stereocenters. The van der Waals surface area contributed by atoms with Gasteiger partial charge in [-0.3, -0.25) is 10.1 Å². The number of nitrogens with zero attached hydrogens (tertiary/aromatic N) is 2. The molecule has 0 saturated carbocycles. The summed E-state index contributed by atoms with van der Waals surface area (Å²) >= 11 is 0.707. The number of nitrogen functional groups attached to an aromatic ring is 1. The normalized spacial score (nSPS) is 20.5. The molecule has 118 valence electrons. The molecular formula is C11H17N3O5S2. The lowest BCUT2D eigenvalue weighted by Gasteiger charge is -2.33. The molecule has 3 N–H and O–H groups in total. The highest BCUT2D eigenvalue weighted by atomic mass is 32.2. The summed E-state index contributed by atoms with van der Waals surface area (Å²) < 4.78 is 26.5. The molecular weight excluding hydrogens is 318 g/mol. The number of anilines is 1. The van der Waals surface area contributed by atoms with Crippen LogP contribution in [0.25, 0.3) is 0 Å². The fourth-order valence-corrected chi connectivity index (χ4v) is 5.55. The van der Waals surface area contributed by atoms with Crippen molar-refractivity contribution in [3.63, 3.8) is 0 Å². The highest BCUT2D eigenvalue weighted by Gasteiger charge is 2.35. The van der Waals surface area contributed by atoms with E-state index in [-0.39, 0.29) is 27.5 Å². The second kappa shape index (κ2) is 6.26. The van der Waals surface area contributed by atoms with Gasteiger partial charge in [0.05, 0.1) is 4.92 Å². The Bertz CT molecular complexity index is 626.